The molecule has 1 aliphatic heterocycles. The van der Waals surface area contributed by atoms with Crippen LogP contribution in [0.5, 0.6) is 0 Å². The maximum Gasteiger partial charge on any atom is 0.0673 e. The van der Waals surface area contributed by atoms with Crippen LogP contribution in [0.1, 0.15) is 5.56 Å². The number of hydrogen-bond donors (Lipinski definition) is 0. The summed E-state index contributed by atoms with van der Waals surface area (Å²) in [5, 5.41) is 0.759. The van der Waals surface area contributed by atoms with Crippen LogP contribution >= 0.6 is 27.5 Å². The van der Waals surface area contributed by atoms with Gasteiger partial charge in [-0.05, 0) is 33.6 Å². The van der Waals surface area contributed by atoms with E-state index in [1.807, 2.05) is 18.3 Å². The molecule has 0 spiro atoms. The molecule has 0 atom stereocenters. The number of benzene rings is 1. The molecule has 1 aliphatic rings. The van der Waals surface area contributed by atoms with Crippen LogP contribution in [-0.2, 0) is 6.42 Å². The molecular formula is C8H5BrClN. The van der Waals surface area contributed by atoms with Gasteiger partial charge >= 0.3 is 0 Å². The lowest BCUT2D eigenvalue weighted by Gasteiger charge is -2.01. The molecular weight excluding hydrogens is 225 g/mol. The Balaban J connectivity index is 2.67. The first kappa shape index (κ1) is 7.32. The van der Waals surface area contributed by atoms with Crippen LogP contribution < -0.4 is 0 Å². The molecule has 0 unspecified atom stereocenters. The summed E-state index contributed by atoms with van der Waals surface area (Å²) in [4.78, 5) is 4.19. The Kier molecular flexibility index (Phi) is 1.74. The summed E-state index contributed by atoms with van der Waals surface area (Å²) in [6.07, 6.45) is 2.78. The van der Waals surface area contributed by atoms with Crippen molar-refractivity contribution in [2.45, 2.75) is 6.42 Å². The van der Waals surface area contributed by atoms with Crippen molar-refractivity contribution in [2.75, 3.05) is 0 Å². The molecule has 1 aromatic rings. The first-order chi connectivity index (χ1) is 5.29. The first-order valence-corrected chi connectivity index (χ1v) is 4.45. The molecule has 11 heavy (non-hydrogen) atoms. The smallest absolute Gasteiger partial charge is 0.0673 e. The molecule has 0 bridgehead atoms. The highest BCUT2D eigenvalue weighted by molar-refractivity contribution is 9.10. The Bertz CT molecular complexity index is 333. The van der Waals surface area contributed by atoms with E-state index < -0.39 is 0 Å². The minimum atomic E-state index is 0.759. The van der Waals surface area contributed by atoms with Crippen molar-refractivity contribution in [1.82, 2.24) is 0 Å². The summed E-state index contributed by atoms with van der Waals surface area (Å²) in [5.41, 5.74) is 2.22. The molecule has 0 saturated heterocycles. The normalized spacial score (nSPS) is 13.6. The van der Waals surface area contributed by atoms with Gasteiger partial charge in [-0.15, -0.1) is 0 Å². The summed E-state index contributed by atoms with van der Waals surface area (Å²) in [6.45, 7) is 0. The Morgan fingerprint density at radius 3 is 3.09 bits per heavy atom. The average Bonchev–Trinajstić information content (AvgIpc) is 2.45. The van der Waals surface area contributed by atoms with E-state index in [0.29, 0.717) is 0 Å². The van der Waals surface area contributed by atoms with E-state index in [2.05, 4.69) is 20.9 Å². The molecule has 1 aromatic carbocycles. The van der Waals surface area contributed by atoms with E-state index in [1.165, 1.54) is 5.56 Å². The highest BCUT2D eigenvalue weighted by atomic mass is 79.9. The van der Waals surface area contributed by atoms with Crippen LogP contribution in [0.15, 0.2) is 21.6 Å². The zero-order valence-electron chi connectivity index (χ0n) is 5.64. The molecule has 56 valence electrons. The largest absolute Gasteiger partial charge is 0.261 e. The highest BCUT2D eigenvalue weighted by Gasteiger charge is 2.11. The summed E-state index contributed by atoms with van der Waals surface area (Å²) < 4.78 is 0.981. The maximum absolute atomic E-state index is 5.89. The average molecular weight is 230 g/mol. The van der Waals surface area contributed by atoms with Crippen LogP contribution in [-0.4, -0.2) is 6.21 Å². The number of fused-ring (bicyclic) bond motifs is 1. The van der Waals surface area contributed by atoms with E-state index in [1.54, 1.807) is 0 Å². The van der Waals surface area contributed by atoms with Crippen molar-refractivity contribution >= 4 is 39.4 Å². The van der Waals surface area contributed by atoms with Gasteiger partial charge in [0.2, 0.25) is 0 Å². The van der Waals surface area contributed by atoms with Crippen LogP contribution in [0.4, 0.5) is 5.69 Å². The van der Waals surface area contributed by atoms with Crippen molar-refractivity contribution in [3.63, 3.8) is 0 Å². The lowest BCUT2D eigenvalue weighted by Crippen LogP contribution is -1.81. The predicted octanol–water partition coefficient (Wildman–Crippen LogP) is 3.36. The van der Waals surface area contributed by atoms with Gasteiger partial charge in [-0.1, -0.05) is 11.6 Å². The van der Waals surface area contributed by atoms with Gasteiger partial charge in [0.05, 0.1) is 10.7 Å². The molecule has 2 rings (SSSR count). The van der Waals surface area contributed by atoms with E-state index in [-0.39, 0.29) is 0 Å². The molecule has 0 radical (unpaired) electrons. The van der Waals surface area contributed by atoms with Crippen LogP contribution in [0.3, 0.4) is 0 Å². The van der Waals surface area contributed by atoms with Crippen molar-refractivity contribution in [2.24, 2.45) is 4.99 Å². The molecule has 0 N–H and O–H groups in total. The Hall–Kier alpha value is -0.340. The number of rotatable bonds is 0. The van der Waals surface area contributed by atoms with Crippen molar-refractivity contribution in [1.29, 1.82) is 0 Å². The second-order valence-electron chi connectivity index (χ2n) is 2.37. The zero-order chi connectivity index (χ0) is 7.84. The molecule has 0 fully saturated rings. The number of nitrogens with zero attached hydrogens (tertiary/aromatic N) is 1. The van der Waals surface area contributed by atoms with Crippen LogP contribution in [0.2, 0.25) is 5.02 Å². The Morgan fingerprint density at radius 1 is 1.45 bits per heavy atom. The lowest BCUT2D eigenvalue weighted by atomic mass is 10.2. The lowest BCUT2D eigenvalue weighted by molar-refractivity contribution is 1.38. The van der Waals surface area contributed by atoms with E-state index in [4.69, 9.17) is 11.6 Å². The molecule has 3 heteroatoms. The fraction of sp³-hybridized carbons (Fsp3) is 0.125. The topological polar surface area (TPSA) is 12.4 Å². The first-order valence-electron chi connectivity index (χ1n) is 3.28. The predicted molar refractivity (Wildman–Crippen MR) is 51.0 cm³/mol. The monoisotopic (exact) mass is 229 g/mol. The van der Waals surface area contributed by atoms with Gasteiger partial charge in [0.1, 0.15) is 0 Å². The SMILES string of the molecule is Clc1ccc2c(c1Br)CC=N2. The Labute approximate surface area is 78.2 Å². The second-order valence-corrected chi connectivity index (χ2v) is 3.58. The molecule has 1 heterocycles. The van der Waals surface area contributed by atoms with E-state index >= 15 is 0 Å². The number of aliphatic imine (C=N–C) groups is 1. The van der Waals surface area contributed by atoms with Crippen molar-refractivity contribution < 1.29 is 0 Å². The second kappa shape index (κ2) is 2.61. The quantitative estimate of drug-likeness (QED) is 0.648. The molecule has 0 aromatic heterocycles. The fourth-order valence-corrected chi connectivity index (χ4v) is 1.81. The molecule has 0 saturated carbocycles. The summed E-state index contributed by atoms with van der Waals surface area (Å²) >= 11 is 9.31. The summed E-state index contributed by atoms with van der Waals surface area (Å²) in [5.74, 6) is 0. The number of halogens is 2. The minimum Gasteiger partial charge on any atom is -0.261 e. The molecule has 0 aliphatic carbocycles. The fourth-order valence-electron chi connectivity index (χ4n) is 1.13. The van der Waals surface area contributed by atoms with Gasteiger partial charge in [0.15, 0.2) is 0 Å². The zero-order valence-corrected chi connectivity index (χ0v) is 7.98. The standard InChI is InChI=1S/C8H5BrClN/c9-8-5-3-4-11-7(5)2-1-6(8)10/h1-2,4H,3H2. The molecule has 1 nitrogen and oxygen atoms in total. The van der Waals surface area contributed by atoms with Crippen molar-refractivity contribution in [3.8, 4) is 0 Å². The van der Waals surface area contributed by atoms with E-state index in [9.17, 15) is 0 Å². The number of hydrogen-bond acceptors (Lipinski definition) is 1. The van der Waals surface area contributed by atoms with Gasteiger partial charge in [-0.25, -0.2) is 0 Å². The Morgan fingerprint density at radius 2 is 2.27 bits per heavy atom. The van der Waals surface area contributed by atoms with Gasteiger partial charge in [0.25, 0.3) is 0 Å². The maximum atomic E-state index is 5.89. The van der Waals surface area contributed by atoms with E-state index in [0.717, 1.165) is 21.6 Å². The van der Waals surface area contributed by atoms with Gasteiger partial charge < -0.3 is 0 Å². The molecule has 0 amide bonds. The highest BCUT2D eigenvalue weighted by Crippen LogP contribution is 2.35. The summed E-state index contributed by atoms with van der Waals surface area (Å²) in [6, 6.07) is 3.79. The van der Waals surface area contributed by atoms with Gasteiger partial charge in [-0.3, -0.25) is 4.99 Å². The van der Waals surface area contributed by atoms with Crippen LogP contribution in [0, 0.1) is 0 Å². The summed E-state index contributed by atoms with van der Waals surface area (Å²) in [7, 11) is 0. The third-order valence-electron chi connectivity index (χ3n) is 1.70. The third-order valence-corrected chi connectivity index (χ3v) is 3.15. The van der Waals surface area contributed by atoms with Gasteiger partial charge in [0, 0.05) is 17.1 Å². The third kappa shape index (κ3) is 1.10. The van der Waals surface area contributed by atoms with Crippen molar-refractivity contribution in [3.05, 3.63) is 27.2 Å². The van der Waals surface area contributed by atoms with Gasteiger partial charge in [-0.2, -0.15) is 0 Å². The minimum absolute atomic E-state index is 0.759. The van der Waals surface area contributed by atoms with Crippen LogP contribution in [0.25, 0.3) is 0 Å².